The third kappa shape index (κ3) is 6.36. The molecule has 2 heterocycles. The third-order valence-electron chi connectivity index (χ3n) is 5.77. The number of carbonyl (C=O) groups is 1. The zero-order valence-corrected chi connectivity index (χ0v) is 19.6. The van der Waals surface area contributed by atoms with Gasteiger partial charge in [-0.25, -0.2) is 4.98 Å². The number of hydrogen-bond donors (Lipinski definition) is 4. The first-order valence-corrected chi connectivity index (χ1v) is 11.4. The maximum atomic E-state index is 12.9. The lowest BCUT2D eigenvalue weighted by Crippen LogP contribution is -2.25. The van der Waals surface area contributed by atoms with Crippen LogP contribution in [0.1, 0.15) is 12.0 Å². The van der Waals surface area contributed by atoms with Crippen LogP contribution < -0.4 is 31.3 Å². The molecule has 1 aromatic heterocycles. The number of nitrogens with zero attached hydrogens (tertiary/aromatic N) is 2. The molecule has 36 heavy (non-hydrogen) atoms. The second-order valence-electron chi connectivity index (χ2n) is 8.49. The molecule has 1 atom stereocenters. The van der Waals surface area contributed by atoms with Crippen molar-refractivity contribution in [3.05, 3.63) is 66.4 Å². The van der Waals surface area contributed by atoms with Gasteiger partial charge < -0.3 is 31.3 Å². The molecule has 8 nitrogen and oxygen atoms in total. The van der Waals surface area contributed by atoms with E-state index in [1.807, 2.05) is 0 Å². The number of carbonyl (C=O) groups excluding carboxylic acids is 1. The summed E-state index contributed by atoms with van der Waals surface area (Å²) >= 11 is 0. The molecule has 0 bridgehead atoms. The van der Waals surface area contributed by atoms with Crippen LogP contribution in [0, 0.1) is 5.92 Å². The van der Waals surface area contributed by atoms with E-state index in [-0.39, 0.29) is 18.5 Å². The SMILES string of the molecule is CN(CNc1cccc(C(F)(F)F)c1)c1ccc(Oc2ccnc(NC(=O)C3CCNC3)c2)cc1N. The summed E-state index contributed by atoms with van der Waals surface area (Å²) in [5.41, 5.74) is 6.95. The molecule has 3 aromatic rings. The smallest absolute Gasteiger partial charge is 0.416 e. The summed E-state index contributed by atoms with van der Waals surface area (Å²) in [4.78, 5) is 18.3. The Hall–Kier alpha value is -3.99. The Morgan fingerprint density at radius 3 is 2.72 bits per heavy atom. The minimum atomic E-state index is -4.40. The second-order valence-corrected chi connectivity index (χ2v) is 8.49. The standard InChI is InChI=1S/C25H27F3N6O2/c1-34(15-32-18-4-2-3-17(11-18)25(26,27)28)22-6-5-19(12-21(22)29)36-20-8-10-31-23(13-20)33-24(35)16-7-9-30-14-16/h2-6,8,10-13,16,30,32H,7,9,14-15,29H2,1H3,(H,31,33,35). The van der Waals surface area contributed by atoms with Crippen molar-refractivity contribution in [2.75, 3.05) is 48.1 Å². The summed E-state index contributed by atoms with van der Waals surface area (Å²) in [5, 5.41) is 8.94. The van der Waals surface area contributed by atoms with Crippen molar-refractivity contribution < 1.29 is 22.7 Å². The summed E-state index contributed by atoms with van der Waals surface area (Å²) in [6.07, 6.45) is -2.07. The van der Waals surface area contributed by atoms with E-state index in [4.69, 9.17) is 10.5 Å². The molecule has 0 radical (unpaired) electrons. The number of hydrogen-bond acceptors (Lipinski definition) is 7. The average molecular weight is 501 g/mol. The lowest BCUT2D eigenvalue weighted by atomic mass is 10.1. The Morgan fingerprint density at radius 2 is 2.00 bits per heavy atom. The van der Waals surface area contributed by atoms with Gasteiger partial charge in [-0.05, 0) is 49.4 Å². The highest BCUT2D eigenvalue weighted by molar-refractivity contribution is 5.92. The first-order valence-electron chi connectivity index (χ1n) is 11.4. The summed E-state index contributed by atoms with van der Waals surface area (Å²) in [6, 6.07) is 13.5. The quantitative estimate of drug-likeness (QED) is 0.266. The molecule has 0 spiro atoms. The molecule has 1 saturated heterocycles. The van der Waals surface area contributed by atoms with Crippen molar-refractivity contribution in [3.63, 3.8) is 0 Å². The number of amides is 1. The number of nitrogen functional groups attached to an aromatic ring is 1. The van der Waals surface area contributed by atoms with Crippen LogP contribution in [-0.4, -0.2) is 37.7 Å². The van der Waals surface area contributed by atoms with Crippen LogP contribution >= 0.6 is 0 Å². The summed E-state index contributed by atoms with van der Waals surface area (Å²) in [6.45, 7) is 1.70. The Balaban J connectivity index is 1.36. The van der Waals surface area contributed by atoms with Gasteiger partial charge in [0.1, 0.15) is 17.3 Å². The summed E-state index contributed by atoms with van der Waals surface area (Å²) in [7, 11) is 1.77. The number of aromatic nitrogens is 1. The van der Waals surface area contributed by atoms with E-state index < -0.39 is 11.7 Å². The van der Waals surface area contributed by atoms with Gasteiger partial charge in [-0.3, -0.25) is 4.79 Å². The zero-order chi connectivity index (χ0) is 25.7. The number of rotatable bonds is 8. The summed E-state index contributed by atoms with van der Waals surface area (Å²) in [5.74, 6) is 1.20. The highest BCUT2D eigenvalue weighted by Crippen LogP contribution is 2.32. The fraction of sp³-hybridized carbons (Fsp3) is 0.280. The van der Waals surface area contributed by atoms with Gasteiger partial charge in [-0.15, -0.1) is 0 Å². The highest BCUT2D eigenvalue weighted by Gasteiger charge is 2.30. The van der Waals surface area contributed by atoms with Gasteiger partial charge in [0.25, 0.3) is 0 Å². The molecule has 5 N–H and O–H groups in total. The van der Waals surface area contributed by atoms with Crippen LogP contribution in [0.4, 0.5) is 36.1 Å². The Labute approximate surface area is 206 Å². The second kappa shape index (κ2) is 10.7. The minimum Gasteiger partial charge on any atom is -0.457 e. The average Bonchev–Trinajstić information content (AvgIpc) is 3.38. The van der Waals surface area contributed by atoms with Gasteiger partial charge in [0, 0.05) is 37.6 Å². The van der Waals surface area contributed by atoms with E-state index in [1.54, 1.807) is 54.5 Å². The van der Waals surface area contributed by atoms with Gasteiger partial charge in [0.2, 0.25) is 5.91 Å². The Kier molecular flexibility index (Phi) is 7.49. The van der Waals surface area contributed by atoms with Gasteiger partial charge in [-0.2, -0.15) is 13.2 Å². The highest BCUT2D eigenvalue weighted by atomic mass is 19.4. The molecule has 2 aromatic carbocycles. The van der Waals surface area contributed by atoms with Gasteiger partial charge >= 0.3 is 6.18 Å². The van der Waals surface area contributed by atoms with Gasteiger partial charge in [0.05, 0.1) is 29.5 Å². The number of alkyl halides is 3. The number of pyridine rings is 1. The van der Waals surface area contributed by atoms with Crippen LogP contribution in [0.2, 0.25) is 0 Å². The molecule has 1 amide bonds. The lowest BCUT2D eigenvalue weighted by Gasteiger charge is -2.23. The molecular weight excluding hydrogens is 473 g/mol. The number of ether oxygens (including phenoxy) is 1. The lowest BCUT2D eigenvalue weighted by molar-refractivity contribution is -0.137. The Bertz CT molecular complexity index is 1210. The number of benzene rings is 2. The molecule has 1 unspecified atom stereocenters. The molecule has 4 rings (SSSR count). The molecule has 1 aliphatic rings. The van der Waals surface area contributed by atoms with E-state index >= 15 is 0 Å². The van der Waals surface area contributed by atoms with Crippen molar-refractivity contribution in [2.24, 2.45) is 5.92 Å². The molecule has 1 fully saturated rings. The summed E-state index contributed by atoms with van der Waals surface area (Å²) < 4.78 is 44.7. The van der Waals surface area contributed by atoms with Crippen molar-refractivity contribution in [1.29, 1.82) is 0 Å². The first kappa shape index (κ1) is 25.1. The molecule has 190 valence electrons. The minimum absolute atomic E-state index is 0.0798. The molecule has 0 aliphatic carbocycles. The van der Waals surface area contributed by atoms with Crippen LogP contribution in [0.15, 0.2) is 60.8 Å². The normalized spacial score (nSPS) is 15.4. The Morgan fingerprint density at radius 1 is 1.19 bits per heavy atom. The monoisotopic (exact) mass is 500 g/mol. The van der Waals surface area contributed by atoms with Crippen molar-refractivity contribution in [2.45, 2.75) is 12.6 Å². The fourth-order valence-corrected chi connectivity index (χ4v) is 3.83. The van der Waals surface area contributed by atoms with Crippen LogP contribution in [0.5, 0.6) is 11.5 Å². The molecule has 1 aliphatic heterocycles. The van der Waals surface area contributed by atoms with Crippen LogP contribution in [0.25, 0.3) is 0 Å². The van der Waals surface area contributed by atoms with Gasteiger partial charge in [-0.1, -0.05) is 6.07 Å². The van der Waals surface area contributed by atoms with Crippen molar-refractivity contribution in [1.82, 2.24) is 10.3 Å². The van der Waals surface area contributed by atoms with E-state index in [9.17, 15) is 18.0 Å². The molecule has 0 saturated carbocycles. The number of anilines is 4. The van der Waals surface area contributed by atoms with Crippen molar-refractivity contribution in [3.8, 4) is 11.5 Å². The van der Waals surface area contributed by atoms with E-state index in [1.165, 1.54) is 6.07 Å². The zero-order valence-electron chi connectivity index (χ0n) is 19.6. The predicted molar refractivity (Wildman–Crippen MR) is 133 cm³/mol. The number of nitrogens with two attached hydrogens (primary N) is 1. The van der Waals surface area contributed by atoms with E-state index in [0.717, 1.165) is 25.1 Å². The van der Waals surface area contributed by atoms with Crippen LogP contribution in [-0.2, 0) is 11.0 Å². The maximum Gasteiger partial charge on any atom is 0.416 e. The number of nitrogens with one attached hydrogen (secondary N) is 3. The van der Waals surface area contributed by atoms with Gasteiger partial charge in [0.15, 0.2) is 0 Å². The molecular formula is C25H27F3N6O2. The third-order valence-corrected chi connectivity index (χ3v) is 5.77. The maximum absolute atomic E-state index is 12.9. The van der Waals surface area contributed by atoms with Crippen LogP contribution in [0.3, 0.4) is 0 Å². The topological polar surface area (TPSA) is 105 Å². The van der Waals surface area contributed by atoms with E-state index in [2.05, 4.69) is 20.9 Å². The van der Waals surface area contributed by atoms with E-state index in [0.29, 0.717) is 40.9 Å². The van der Waals surface area contributed by atoms with Crippen molar-refractivity contribution >= 4 is 28.8 Å². The largest absolute Gasteiger partial charge is 0.457 e. The fourth-order valence-electron chi connectivity index (χ4n) is 3.83. The molecule has 11 heteroatoms. The predicted octanol–water partition coefficient (Wildman–Crippen LogP) is 4.53. The number of halogens is 3. The first-order chi connectivity index (χ1) is 17.2.